The van der Waals surface area contributed by atoms with Gasteiger partial charge in [-0.25, -0.2) is 9.78 Å². The summed E-state index contributed by atoms with van der Waals surface area (Å²) in [5.74, 6) is -1.46. The van der Waals surface area contributed by atoms with Crippen molar-refractivity contribution in [2.45, 2.75) is 0 Å². The Balaban J connectivity index is 1.94. The number of hydrogen-bond acceptors (Lipinski definition) is 6. The predicted octanol–water partition coefficient (Wildman–Crippen LogP) is 1.67. The van der Waals surface area contributed by atoms with Crippen LogP contribution >= 0.6 is 0 Å². The van der Waals surface area contributed by atoms with Gasteiger partial charge in [0.15, 0.2) is 6.61 Å². The molecule has 3 aromatic rings. The van der Waals surface area contributed by atoms with Crippen LogP contribution in [0.3, 0.4) is 0 Å². The number of fused-ring (bicyclic) bond motifs is 1. The summed E-state index contributed by atoms with van der Waals surface area (Å²) in [5.41, 5.74) is 7.22. The Kier molecular flexibility index (Phi) is 6.03. The van der Waals surface area contributed by atoms with E-state index in [1.165, 1.54) is 7.11 Å². The van der Waals surface area contributed by atoms with Crippen molar-refractivity contribution in [1.29, 1.82) is 0 Å². The van der Waals surface area contributed by atoms with Gasteiger partial charge in [0.1, 0.15) is 5.75 Å². The van der Waals surface area contributed by atoms with Crippen molar-refractivity contribution in [1.82, 2.24) is 10.3 Å². The van der Waals surface area contributed by atoms with Crippen molar-refractivity contribution >= 4 is 28.7 Å². The van der Waals surface area contributed by atoms with Gasteiger partial charge in [0.25, 0.3) is 5.91 Å². The lowest BCUT2D eigenvalue weighted by molar-refractivity contribution is -0.127. The number of nitrogens with one attached hydrogen (secondary N) is 1. The number of nitrogens with zero attached hydrogens (tertiary/aromatic N) is 1. The smallest absolute Gasteiger partial charge is 0.339 e. The quantitative estimate of drug-likeness (QED) is 0.589. The van der Waals surface area contributed by atoms with Crippen LogP contribution in [0.25, 0.3) is 22.2 Å². The Hall–Kier alpha value is -3.94. The minimum Gasteiger partial charge on any atom is -0.497 e. The third-order valence-corrected chi connectivity index (χ3v) is 4.10. The zero-order valence-corrected chi connectivity index (χ0v) is 15.7. The first-order valence-electron chi connectivity index (χ1n) is 8.74. The monoisotopic (exact) mass is 393 g/mol. The predicted molar refractivity (Wildman–Crippen MR) is 106 cm³/mol. The molecule has 148 valence electrons. The number of esters is 1. The minimum atomic E-state index is -0.697. The summed E-state index contributed by atoms with van der Waals surface area (Å²) in [4.78, 5) is 39.8. The van der Waals surface area contributed by atoms with Gasteiger partial charge in [-0.05, 0) is 24.3 Å². The second-order valence-electron chi connectivity index (χ2n) is 6.12. The molecule has 0 aliphatic rings. The Morgan fingerprint density at radius 2 is 1.83 bits per heavy atom. The van der Waals surface area contributed by atoms with Gasteiger partial charge in [-0.2, -0.15) is 0 Å². The number of methoxy groups -OCH3 is 1. The van der Waals surface area contributed by atoms with Gasteiger partial charge >= 0.3 is 5.97 Å². The van der Waals surface area contributed by atoms with Crippen LogP contribution in [-0.2, 0) is 14.3 Å². The van der Waals surface area contributed by atoms with Crippen LogP contribution < -0.4 is 15.8 Å². The second kappa shape index (κ2) is 8.83. The molecule has 2 aromatic carbocycles. The number of rotatable bonds is 7. The molecule has 0 atom stereocenters. The van der Waals surface area contributed by atoms with E-state index in [2.05, 4.69) is 10.3 Å². The van der Waals surface area contributed by atoms with Gasteiger partial charge in [0, 0.05) is 10.9 Å². The molecule has 0 unspecified atom stereocenters. The minimum absolute atomic E-state index is 0.246. The Labute approximate surface area is 166 Å². The maximum Gasteiger partial charge on any atom is 0.339 e. The molecule has 8 heteroatoms. The van der Waals surface area contributed by atoms with Crippen LogP contribution in [0.15, 0.2) is 54.6 Å². The Morgan fingerprint density at radius 3 is 2.52 bits per heavy atom. The molecular weight excluding hydrogens is 374 g/mol. The van der Waals surface area contributed by atoms with Gasteiger partial charge in [-0.15, -0.1) is 0 Å². The van der Waals surface area contributed by atoms with Crippen LogP contribution in [-0.4, -0.2) is 43.0 Å². The normalized spacial score (nSPS) is 10.4. The van der Waals surface area contributed by atoms with Gasteiger partial charge in [-0.3, -0.25) is 9.59 Å². The van der Waals surface area contributed by atoms with E-state index in [1.54, 1.807) is 24.3 Å². The highest BCUT2D eigenvalue weighted by Gasteiger charge is 2.17. The average molecular weight is 393 g/mol. The summed E-state index contributed by atoms with van der Waals surface area (Å²) in [5, 5.41) is 2.79. The molecule has 8 nitrogen and oxygen atoms in total. The lowest BCUT2D eigenvalue weighted by atomic mass is 10.0. The summed E-state index contributed by atoms with van der Waals surface area (Å²) >= 11 is 0. The van der Waals surface area contributed by atoms with Crippen molar-refractivity contribution in [3.63, 3.8) is 0 Å². The van der Waals surface area contributed by atoms with E-state index in [9.17, 15) is 14.4 Å². The number of ether oxygens (including phenoxy) is 2. The summed E-state index contributed by atoms with van der Waals surface area (Å²) in [6, 6.07) is 16.2. The van der Waals surface area contributed by atoms with E-state index in [4.69, 9.17) is 15.2 Å². The lowest BCUT2D eigenvalue weighted by Gasteiger charge is -2.11. The number of aromatic nitrogens is 1. The highest BCUT2D eigenvalue weighted by Crippen LogP contribution is 2.28. The number of pyridine rings is 1. The zero-order chi connectivity index (χ0) is 20.8. The van der Waals surface area contributed by atoms with Crippen LogP contribution in [0, 0.1) is 0 Å². The largest absolute Gasteiger partial charge is 0.497 e. The van der Waals surface area contributed by atoms with Gasteiger partial charge in [-0.1, -0.05) is 30.3 Å². The van der Waals surface area contributed by atoms with E-state index >= 15 is 0 Å². The molecule has 2 amide bonds. The average Bonchev–Trinajstić information content (AvgIpc) is 2.75. The van der Waals surface area contributed by atoms with Crippen molar-refractivity contribution in [2.24, 2.45) is 5.73 Å². The lowest BCUT2D eigenvalue weighted by Crippen LogP contribution is -2.36. The Morgan fingerprint density at radius 1 is 1.07 bits per heavy atom. The fourth-order valence-electron chi connectivity index (χ4n) is 2.70. The van der Waals surface area contributed by atoms with Crippen molar-refractivity contribution in [3.8, 4) is 17.0 Å². The maximum atomic E-state index is 12.7. The van der Waals surface area contributed by atoms with Crippen molar-refractivity contribution < 1.29 is 23.9 Å². The highest BCUT2D eigenvalue weighted by molar-refractivity contribution is 6.05. The summed E-state index contributed by atoms with van der Waals surface area (Å²) in [6.45, 7) is -0.871. The highest BCUT2D eigenvalue weighted by atomic mass is 16.5. The van der Waals surface area contributed by atoms with Crippen molar-refractivity contribution in [3.05, 3.63) is 60.2 Å². The molecule has 3 rings (SSSR count). The van der Waals surface area contributed by atoms with Crippen LogP contribution in [0.2, 0.25) is 0 Å². The molecule has 0 bridgehead atoms. The first-order valence-corrected chi connectivity index (χ1v) is 8.74. The topological polar surface area (TPSA) is 121 Å². The summed E-state index contributed by atoms with van der Waals surface area (Å²) in [6.07, 6.45) is 0. The molecule has 0 radical (unpaired) electrons. The molecule has 3 N–H and O–H groups in total. The molecular formula is C21H19N3O5. The summed E-state index contributed by atoms with van der Waals surface area (Å²) < 4.78 is 10.4. The molecule has 0 spiro atoms. The fraction of sp³-hybridized carbons (Fsp3) is 0.143. The molecule has 0 saturated carbocycles. The number of nitrogens with two attached hydrogens (primary N) is 1. The number of primary amides is 1. The molecule has 1 aromatic heterocycles. The van der Waals surface area contributed by atoms with E-state index in [-0.39, 0.29) is 12.1 Å². The number of hydrogen-bond donors (Lipinski definition) is 2. The Bertz CT molecular complexity index is 1070. The molecule has 0 fully saturated rings. The maximum absolute atomic E-state index is 12.7. The van der Waals surface area contributed by atoms with Gasteiger partial charge < -0.3 is 20.5 Å². The van der Waals surface area contributed by atoms with E-state index in [0.29, 0.717) is 22.3 Å². The van der Waals surface area contributed by atoms with Crippen LogP contribution in [0.4, 0.5) is 0 Å². The summed E-state index contributed by atoms with van der Waals surface area (Å²) in [7, 11) is 1.52. The second-order valence-corrected chi connectivity index (χ2v) is 6.12. The molecule has 29 heavy (non-hydrogen) atoms. The number of amides is 2. The van der Waals surface area contributed by atoms with E-state index in [0.717, 1.165) is 5.56 Å². The zero-order valence-electron chi connectivity index (χ0n) is 15.7. The SMILES string of the molecule is COc1ccc2nc(-c3ccccc3)cc(C(=O)OCC(=O)NCC(N)=O)c2c1. The van der Waals surface area contributed by atoms with Crippen molar-refractivity contribution in [2.75, 3.05) is 20.3 Å². The third kappa shape index (κ3) is 4.86. The fourth-order valence-corrected chi connectivity index (χ4v) is 2.70. The van der Waals surface area contributed by atoms with Gasteiger partial charge in [0.2, 0.25) is 5.91 Å². The van der Waals surface area contributed by atoms with Gasteiger partial charge in [0.05, 0.1) is 30.4 Å². The molecule has 0 aliphatic carbocycles. The molecule has 0 saturated heterocycles. The number of benzene rings is 2. The third-order valence-electron chi connectivity index (χ3n) is 4.10. The first-order chi connectivity index (χ1) is 14.0. The number of carbonyl (C=O) groups excluding carboxylic acids is 3. The molecule has 0 aliphatic heterocycles. The van der Waals surface area contributed by atoms with Crippen LogP contribution in [0.1, 0.15) is 10.4 Å². The van der Waals surface area contributed by atoms with E-state index < -0.39 is 24.4 Å². The standard InChI is InChI=1S/C21H19N3O5/c1-28-14-7-8-17-15(9-14)16(10-18(24-17)13-5-3-2-4-6-13)21(27)29-12-20(26)23-11-19(22)25/h2-10H,11-12H2,1H3,(H2,22,25)(H,23,26). The number of carbonyl (C=O) groups is 3. The first kappa shape index (κ1) is 19.8. The van der Waals surface area contributed by atoms with Crippen LogP contribution in [0.5, 0.6) is 5.75 Å². The van der Waals surface area contributed by atoms with E-state index in [1.807, 2.05) is 30.3 Å². The molecule has 1 heterocycles.